The van der Waals surface area contributed by atoms with E-state index in [1.165, 1.54) is 0 Å². The molecule has 0 saturated heterocycles. The van der Waals surface area contributed by atoms with E-state index >= 15 is 0 Å². The molecule has 16 heavy (non-hydrogen) atoms. The van der Waals surface area contributed by atoms with Crippen LogP contribution in [0.1, 0.15) is 40.5 Å². The van der Waals surface area contributed by atoms with Gasteiger partial charge in [-0.05, 0) is 12.8 Å². The zero-order valence-corrected chi connectivity index (χ0v) is 12.9. The molecule has 5 heteroatoms. The van der Waals surface area contributed by atoms with Crippen molar-refractivity contribution in [3.05, 3.63) is 12.7 Å². The van der Waals surface area contributed by atoms with Gasteiger partial charge in [-0.3, -0.25) is 0 Å². The second kappa shape index (κ2) is 20.4. The maximum Gasteiger partial charge on any atom is 3.00 e. The molecule has 0 heterocycles. The van der Waals surface area contributed by atoms with Gasteiger partial charge in [0.2, 0.25) is 0 Å². The van der Waals surface area contributed by atoms with Crippen LogP contribution in [-0.4, -0.2) is 18.2 Å². The summed E-state index contributed by atoms with van der Waals surface area (Å²) in [6, 6.07) is 0. The van der Waals surface area contributed by atoms with Crippen LogP contribution in [0.5, 0.6) is 0 Å². The van der Waals surface area contributed by atoms with Gasteiger partial charge in [-0.25, -0.2) is 0 Å². The summed E-state index contributed by atoms with van der Waals surface area (Å²) in [5.41, 5.74) is 0. The summed E-state index contributed by atoms with van der Waals surface area (Å²) < 4.78 is 0. The van der Waals surface area contributed by atoms with E-state index in [-0.39, 0.29) is 32.6 Å². The monoisotopic (exact) mass is 307 g/mol. The predicted octanol–water partition coefficient (Wildman–Crippen LogP) is -0.790. The van der Waals surface area contributed by atoms with Gasteiger partial charge in [0.05, 0.1) is 0 Å². The quantitative estimate of drug-likeness (QED) is 0.639. The number of carbonyl (C=O) groups excluding carboxylic acids is 1. The molecular weight excluding hydrogens is 287 g/mol. The van der Waals surface area contributed by atoms with Gasteiger partial charge >= 0.3 is 26.2 Å². The Morgan fingerprint density at radius 3 is 1.50 bits per heavy atom. The third-order valence-electron chi connectivity index (χ3n) is 0.553. The standard InChI is InChI=1S/C5H8O2.2C3H7O.Zr/c1-2-3-4-5(6)7;2*1-3(2)4;/h2H,1,3-4H2,(H,6,7);2*3H,1-2H3;/q;2*-1;+3/p-1. The first-order valence-electron chi connectivity index (χ1n) is 4.86. The second-order valence-electron chi connectivity index (χ2n) is 3.30. The average molecular weight is 309 g/mol. The first kappa shape index (κ1) is 25.0. The smallest absolute Gasteiger partial charge is 0.852 e. The maximum atomic E-state index is 9.60. The Hall–Kier alpha value is 0.0131. The summed E-state index contributed by atoms with van der Waals surface area (Å²) >= 11 is 0. The van der Waals surface area contributed by atoms with Gasteiger partial charge in [-0.15, -0.1) is 18.8 Å². The van der Waals surface area contributed by atoms with Crippen LogP contribution in [0.2, 0.25) is 0 Å². The SMILES string of the molecule is C=CCCC(=O)[O-].CC(C)[O-].CC(C)[O-].[Zr+3]. The molecule has 4 nitrogen and oxygen atoms in total. The Kier molecular flexibility index (Phi) is 31.9. The molecule has 0 atom stereocenters. The Morgan fingerprint density at radius 1 is 1.19 bits per heavy atom. The molecule has 0 aromatic carbocycles. The van der Waals surface area contributed by atoms with Crippen LogP contribution >= 0.6 is 0 Å². The van der Waals surface area contributed by atoms with E-state index in [0.29, 0.717) is 6.42 Å². The zero-order chi connectivity index (χ0) is 12.9. The van der Waals surface area contributed by atoms with E-state index < -0.39 is 18.2 Å². The van der Waals surface area contributed by atoms with Crippen molar-refractivity contribution in [1.82, 2.24) is 0 Å². The Morgan fingerprint density at radius 2 is 1.44 bits per heavy atom. The van der Waals surface area contributed by atoms with E-state index in [1.807, 2.05) is 0 Å². The zero-order valence-electron chi connectivity index (χ0n) is 10.5. The number of carbonyl (C=O) groups is 1. The summed E-state index contributed by atoms with van der Waals surface area (Å²) in [5, 5.41) is 28.7. The van der Waals surface area contributed by atoms with Crippen LogP contribution in [0.25, 0.3) is 0 Å². The van der Waals surface area contributed by atoms with E-state index in [9.17, 15) is 20.1 Å². The Labute approximate surface area is 118 Å². The molecule has 0 unspecified atom stereocenters. The third-order valence-corrected chi connectivity index (χ3v) is 0.553. The molecule has 0 bridgehead atoms. The second-order valence-corrected chi connectivity index (χ2v) is 3.30. The van der Waals surface area contributed by atoms with Gasteiger partial charge in [-0.2, -0.15) is 0 Å². The molecule has 0 N–H and O–H groups in total. The number of aliphatic carboxylic acids is 1. The molecule has 0 fully saturated rings. The largest absolute Gasteiger partial charge is 3.00 e. The molecule has 0 saturated carbocycles. The van der Waals surface area contributed by atoms with Gasteiger partial charge < -0.3 is 20.1 Å². The van der Waals surface area contributed by atoms with Gasteiger partial charge in [-0.1, -0.05) is 33.8 Å². The van der Waals surface area contributed by atoms with E-state index in [4.69, 9.17) is 0 Å². The van der Waals surface area contributed by atoms with Gasteiger partial charge in [0.25, 0.3) is 0 Å². The number of allylic oxidation sites excluding steroid dienone is 1. The average Bonchev–Trinajstić information content (AvgIpc) is 1.98. The van der Waals surface area contributed by atoms with Crippen LogP contribution in [0, 0.1) is 0 Å². The summed E-state index contributed by atoms with van der Waals surface area (Å²) in [6.45, 7) is 9.79. The molecule has 93 valence electrons. The third kappa shape index (κ3) is 147. The number of hydrogen-bond donors (Lipinski definition) is 0. The van der Waals surface area contributed by atoms with Crippen molar-refractivity contribution in [2.75, 3.05) is 0 Å². The predicted molar refractivity (Wildman–Crippen MR) is 54.7 cm³/mol. The van der Waals surface area contributed by atoms with Gasteiger partial charge in [0.1, 0.15) is 0 Å². The van der Waals surface area contributed by atoms with Crippen LogP contribution in [0.4, 0.5) is 0 Å². The molecular formula is C11H21O4Zr. The molecule has 0 aliphatic carbocycles. The number of hydrogen-bond acceptors (Lipinski definition) is 4. The van der Waals surface area contributed by atoms with Crippen molar-refractivity contribution in [2.24, 2.45) is 0 Å². The van der Waals surface area contributed by atoms with Crippen LogP contribution in [-0.2, 0) is 31.0 Å². The Bertz CT molecular complexity index is 135. The molecule has 0 rings (SSSR count). The first-order chi connectivity index (χ1) is 6.73. The summed E-state index contributed by atoms with van der Waals surface area (Å²) in [5.74, 6) is -1.01. The van der Waals surface area contributed by atoms with E-state index in [2.05, 4.69) is 6.58 Å². The van der Waals surface area contributed by atoms with E-state index in [1.54, 1.807) is 33.8 Å². The molecule has 0 aliphatic heterocycles. The van der Waals surface area contributed by atoms with Crippen LogP contribution < -0.4 is 15.3 Å². The van der Waals surface area contributed by atoms with Crippen LogP contribution in [0.15, 0.2) is 12.7 Å². The molecule has 0 aromatic rings. The minimum Gasteiger partial charge on any atom is -0.852 e. The topological polar surface area (TPSA) is 86.2 Å². The minimum atomic E-state index is -1.01. The van der Waals surface area contributed by atoms with Crippen molar-refractivity contribution in [1.29, 1.82) is 0 Å². The molecule has 0 aromatic heterocycles. The van der Waals surface area contributed by atoms with Crippen molar-refractivity contribution in [3.8, 4) is 0 Å². The molecule has 0 amide bonds. The van der Waals surface area contributed by atoms with Gasteiger partial charge in [0.15, 0.2) is 0 Å². The fourth-order valence-corrected chi connectivity index (χ4v) is 0.220. The molecule has 1 radical (unpaired) electrons. The number of carboxylic acids is 1. The normalized spacial score (nSPS) is 8.00. The summed E-state index contributed by atoms with van der Waals surface area (Å²) in [6.07, 6.45) is 1.31. The van der Waals surface area contributed by atoms with Crippen molar-refractivity contribution < 1.29 is 46.3 Å². The summed E-state index contributed by atoms with van der Waals surface area (Å²) in [4.78, 5) is 9.60. The van der Waals surface area contributed by atoms with Crippen molar-refractivity contribution >= 4 is 5.97 Å². The van der Waals surface area contributed by atoms with E-state index in [0.717, 1.165) is 0 Å². The minimum absolute atomic E-state index is 0. The van der Waals surface area contributed by atoms with Crippen molar-refractivity contribution in [2.45, 2.75) is 52.7 Å². The maximum absolute atomic E-state index is 9.60. The van der Waals surface area contributed by atoms with Gasteiger partial charge in [0, 0.05) is 5.97 Å². The molecule has 0 spiro atoms. The fraction of sp³-hybridized carbons (Fsp3) is 0.727. The first-order valence-corrected chi connectivity index (χ1v) is 4.86. The Balaban J connectivity index is -0.0000000700. The summed E-state index contributed by atoms with van der Waals surface area (Å²) in [7, 11) is 0. The van der Waals surface area contributed by atoms with Crippen LogP contribution in [0.3, 0.4) is 0 Å². The molecule has 0 aliphatic rings. The number of rotatable bonds is 3. The fourth-order valence-electron chi connectivity index (χ4n) is 0.220. The number of carboxylic acid groups (broad SMARTS) is 1. The van der Waals surface area contributed by atoms with Crippen molar-refractivity contribution in [3.63, 3.8) is 0 Å².